The molecule has 1 amide bonds. The summed E-state index contributed by atoms with van der Waals surface area (Å²) >= 11 is 0. The summed E-state index contributed by atoms with van der Waals surface area (Å²) in [6.45, 7) is 1.59. The lowest BCUT2D eigenvalue weighted by atomic mass is 10.3. The molecule has 2 aromatic rings. The molecule has 0 radical (unpaired) electrons. The number of primary amides is 1. The molecular formula is C14H17N3O4. The Bertz CT molecular complexity index is 744. The smallest absolute Gasteiger partial charge is 0.328 e. The Morgan fingerprint density at radius 2 is 1.90 bits per heavy atom. The van der Waals surface area contributed by atoms with Crippen LogP contribution < -0.4 is 11.4 Å². The zero-order valence-electron chi connectivity index (χ0n) is 11.9. The molecule has 0 aliphatic carbocycles. The summed E-state index contributed by atoms with van der Waals surface area (Å²) < 4.78 is 7.88. The minimum absolute atomic E-state index is 0.00840. The number of aryl methyl sites for hydroxylation is 2. The molecule has 0 spiro atoms. The van der Waals surface area contributed by atoms with Gasteiger partial charge in [-0.2, -0.15) is 0 Å². The van der Waals surface area contributed by atoms with Crippen molar-refractivity contribution in [1.29, 1.82) is 0 Å². The van der Waals surface area contributed by atoms with Gasteiger partial charge < -0.3 is 10.5 Å². The molecular weight excluding hydrogens is 274 g/mol. The maximum atomic E-state index is 12.1. The number of amides is 1. The number of para-hydroxylation sites is 2. The predicted molar refractivity (Wildman–Crippen MR) is 76.5 cm³/mol. The first-order valence-corrected chi connectivity index (χ1v) is 6.55. The first-order valence-electron chi connectivity index (χ1n) is 6.55. The van der Waals surface area contributed by atoms with Crippen molar-refractivity contribution in [2.45, 2.75) is 26.0 Å². The molecule has 1 heterocycles. The lowest BCUT2D eigenvalue weighted by molar-refractivity contribution is -0.153. The van der Waals surface area contributed by atoms with Crippen molar-refractivity contribution < 1.29 is 14.3 Å². The molecule has 0 fully saturated rings. The summed E-state index contributed by atoms with van der Waals surface area (Å²) in [6, 6.07) is 7.31. The Labute approximate surface area is 120 Å². The Kier molecular flexibility index (Phi) is 4.11. The fourth-order valence-electron chi connectivity index (χ4n) is 2.10. The number of rotatable bonds is 5. The van der Waals surface area contributed by atoms with Crippen LogP contribution in [-0.2, 0) is 27.9 Å². The van der Waals surface area contributed by atoms with Gasteiger partial charge in [0.15, 0.2) is 6.10 Å². The second-order valence-corrected chi connectivity index (χ2v) is 4.77. The summed E-state index contributed by atoms with van der Waals surface area (Å²) in [4.78, 5) is 34.6. The van der Waals surface area contributed by atoms with Gasteiger partial charge in [0, 0.05) is 13.6 Å². The molecule has 0 aliphatic heterocycles. The van der Waals surface area contributed by atoms with Crippen LogP contribution >= 0.6 is 0 Å². The Hall–Kier alpha value is -2.57. The van der Waals surface area contributed by atoms with Crippen molar-refractivity contribution in [1.82, 2.24) is 9.13 Å². The van der Waals surface area contributed by atoms with Crippen LogP contribution in [0.4, 0.5) is 0 Å². The summed E-state index contributed by atoms with van der Waals surface area (Å²) in [5, 5.41) is 0. The van der Waals surface area contributed by atoms with E-state index in [0.717, 1.165) is 11.0 Å². The maximum Gasteiger partial charge on any atom is 0.328 e. The van der Waals surface area contributed by atoms with Gasteiger partial charge in [0.25, 0.3) is 5.91 Å². The molecule has 7 nitrogen and oxygen atoms in total. The van der Waals surface area contributed by atoms with Crippen LogP contribution in [0.25, 0.3) is 11.0 Å². The molecule has 112 valence electrons. The summed E-state index contributed by atoms with van der Waals surface area (Å²) in [5.74, 6) is -1.27. The average Bonchev–Trinajstić information content (AvgIpc) is 2.69. The van der Waals surface area contributed by atoms with E-state index in [1.807, 2.05) is 24.3 Å². The second kappa shape index (κ2) is 5.82. The fourth-order valence-corrected chi connectivity index (χ4v) is 2.10. The number of ether oxygens (including phenoxy) is 1. The van der Waals surface area contributed by atoms with E-state index in [4.69, 9.17) is 10.5 Å². The normalized spacial score (nSPS) is 12.3. The molecule has 1 atom stereocenters. The van der Waals surface area contributed by atoms with E-state index in [2.05, 4.69) is 0 Å². The maximum absolute atomic E-state index is 12.1. The third-order valence-electron chi connectivity index (χ3n) is 3.30. The average molecular weight is 291 g/mol. The molecule has 0 aliphatic rings. The van der Waals surface area contributed by atoms with E-state index in [1.165, 1.54) is 16.1 Å². The van der Waals surface area contributed by atoms with Crippen molar-refractivity contribution in [2.24, 2.45) is 12.8 Å². The summed E-state index contributed by atoms with van der Waals surface area (Å²) in [5.41, 5.74) is 6.36. The van der Waals surface area contributed by atoms with Gasteiger partial charge in [-0.3, -0.25) is 18.7 Å². The number of fused-ring (bicyclic) bond motifs is 1. The van der Waals surface area contributed by atoms with Crippen molar-refractivity contribution in [3.05, 3.63) is 34.7 Å². The lowest BCUT2D eigenvalue weighted by Crippen LogP contribution is -2.31. The van der Waals surface area contributed by atoms with Crippen LogP contribution in [-0.4, -0.2) is 27.1 Å². The highest BCUT2D eigenvalue weighted by atomic mass is 16.5. The molecule has 7 heteroatoms. The number of hydrogen-bond donors (Lipinski definition) is 1. The molecule has 2 rings (SSSR count). The van der Waals surface area contributed by atoms with E-state index in [0.29, 0.717) is 0 Å². The minimum atomic E-state index is -0.971. The number of carbonyl (C=O) groups excluding carboxylic acids is 2. The zero-order chi connectivity index (χ0) is 15.6. The number of carbonyl (C=O) groups is 2. The number of hydrogen-bond acceptors (Lipinski definition) is 4. The van der Waals surface area contributed by atoms with Crippen LogP contribution in [0.15, 0.2) is 29.1 Å². The first kappa shape index (κ1) is 14.8. The zero-order valence-corrected chi connectivity index (χ0v) is 11.9. The highest BCUT2D eigenvalue weighted by Crippen LogP contribution is 2.12. The van der Waals surface area contributed by atoms with Crippen molar-refractivity contribution in [2.75, 3.05) is 0 Å². The summed E-state index contributed by atoms with van der Waals surface area (Å²) in [6.07, 6.45) is -0.979. The molecule has 1 aromatic carbocycles. The number of nitrogens with two attached hydrogens (primary N) is 1. The predicted octanol–water partition coefficient (Wildman–Crippen LogP) is 0.147. The van der Waals surface area contributed by atoms with E-state index >= 15 is 0 Å². The number of nitrogens with zero attached hydrogens (tertiary/aromatic N) is 2. The highest BCUT2D eigenvalue weighted by molar-refractivity contribution is 5.82. The number of benzene rings is 1. The number of imidazole rings is 1. The molecule has 2 N–H and O–H groups in total. The van der Waals surface area contributed by atoms with Crippen LogP contribution in [0.5, 0.6) is 0 Å². The van der Waals surface area contributed by atoms with Crippen molar-refractivity contribution >= 4 is 22.9 Å². The van der Waals surface area contributed by atoms with Crippen LogP contribution in [0.1, 0.15) is 13.3 Å². The Morgan fingerprint density at radius 1 is 1.29 bits per heavy atom. The van der Waals surface area contributed by atoms with E-state index in [1.54, 1.807) is 7.05 Å². The third-order valence-corrected chi connectivity index (χ3v) is 3.30. The lowest BCUT2D eigenvalue weighted by Gasteiger charge is -2.09. The topological polar surface area (TPSA) is 96.3 Å². The van der Waals surface area contributed by atoms with Gasteiger partial charge in [-0.25, -0.2) is 4.79 Å². The minimum Gasteiger partial charge on any atom is -0.453 e. The third kappa shape index (κ3) is 2.96. The summed E-state index contributed by atoms with van der Waals surface area (Å²) in [7, 11) is 1.68. The van der Waals surface area contributed by atoms with Gasteiger partial charge in [0.05, 0.1) is 17.5 Å². The van der Waals surface area contributed by atoms with Gasteiger partial charge >= 0.3 is 11.7 Å². The standard InChI is InChI=1S/C14H17N3O4/c1-9(13(15)19)21-12(18)7-8-17-11-6-4-3-5-10(11)16(2)14(17)20/h3-6,9H,7-8H2,1-2H3,(H2,15,19). The molecule has 0 saturated heterocycles. The van der Waals surface area contributed by atoms with Crippen molar-refractivity contribution in [3.63, 3.8) is 0 Å². The highest BCUT2D eigenvalue weighted by Gasteiger charge is 2.16. The first-order chi connectivity index (χ1) is 9.91. The number of aromatic nitrogens is 2. The van der Waals surface area contributed by atoms with Crippen molar-refractivity contribution in [3.8, 4) is 0 Å². The monoisotopic (exact) mass is 291 g/mol. The van der Waals surface area contributed by atoms with E-state index < -0.39 is 18.0 Å². The molecule has 1 unspecified atom stereocenters. The van der Waals surface area contributed by atoms with Gasteiger partial charge in [-0.1, -0.05) is 12.1 Å². The quantitative estimate of drug-likeness (QED) is 0.793. The van der Waals surface area contributed by atoms with Gasteiger partial charge in [0.1, 0.15) is 0 Å². The van der Waals surface area contributed by atoms with Crippen LogP contribution in [0, 0.1) is 0 Å². The van der Waals surface area contributed by atoms with Gasteiger partial charge in [-0.15, -0.1) is 0 Å². The van der Waals surface area contributed by atoms with E-state index in [9.17, 15) is 14.4 Å². The Balaban J connectivity index is 2.14. The molecule has 1 aromatic heterocycles. The SMILES string of the molecule is CC(OC(=O)CCn1c(=O)n(C)c2ccccc21)C(N)=O. The molecule has 21 heavy (non-hydrogen) atoms. The number of esters is 1. The van der Waals surface area contributed by atoms with Crippen LogP contribution in [0.3, 0.4) is 0 Å². The largest absolute Gasteiger partial charge is 0.453 e. The Morgan fingerprint density at radius 3 is 2.52 bits per heavy atom. The second-order valence-electron chi connectivity index (χ2n) is 4.77. The molecule has 0 saturated carbocycles. The fraction of sp³-hybridized carbons (Fsp3) is 0.357. The van der Waals surface area contributed by atoms with Crippen LogP contribution in [0.2, 0.25) is 0 Å². The molecule has 0 bridgehead atoms. The van der Waals surface area contributed by atoms with Gasteiger partial charge in [0.2, 0.25) is 0 Å². The van der Waals surface area contributed by atoms with E-state index in [-0.39, 0.29) is 18.7 Å². The van der Waals surface area contributed by atoms with Gasteiger partial charge in [-0.05, 0) is 19.1 Å².